The lowest BCUT2D eigenvalue weighted by molar-refractivity contribution is -0.130. The van der Waals surface area contributed by atoms with E-state index < -0.39 is 76.6 Å². The SMILES string of the molecule is C[C@@](NC(=O)Cc1c[nH]c2ccccc12)(NC(=O)OCc1ccccc1)C(=O)Nc1ccc(C(c2ccc(NC(=O)[C@](C)(NC(=O)Cc3c[nH]c4ccccc34)NC(=O)OCc3ccccc3)cc2)c2ccc(NC(=O)[C@](C)(NC(=O)Cc3c[nH]c4ccccc34)NC(=O)OCc3ccccc3)cc2)cc1. The highest BCUT2D eigenvalue weighted by molar-refractivity contribution is 6.05. The molecule has 536 valence electrons. The van der Waals surface area contributed by atoms with E-state index in [2.05, 4.69) is 62.8 Å². The third-order valence-electron chi connectivity index (χ3n) is 17.8. The summed E-state index contributed by atoms with van der Waals surface area (Å²) in [7, 11) is 0. The lowest BCUT2D eigenvalue weighted by Gasteiger charge is -2.30. The fourth-order valence-electron chi connectivity index (χ4n) is 12.3. The second-order valence-corrected chi connectivity index (χ2v) is 25.8. The number of anilines is 3. The van der Waals surface area contributed by atoms with Crippen LogP contribution in [0.25, 0.3) is 32.7 Å². The minimum atomic E-state index is -2.07. The van der Waals surface area contributed by atoms with Crippen LogP contribution in [0.1, 0.15) is 76.8 Å². The molecule has 0 aliphatic rings. The van der Waals surface area contributed by atoms with Gasteiger partial charge in [0.25, 0.3) is 17.7 Å². The van der Waals surface area contributed by atoms with E-state index >= 15 is 0 Å². The number of para-hydroxylation sites is 3. The second-order valence-electron chi connectivity index (χ2n) is 25.8. The first-order valence-corrected chi connectivity index (χ1v) is 34.0. The van der Waals surface area contributed by atoms with Gasteiger partial charge in [-0.05, 0) is 125 Å². The summed E-state index contributed by atoms with van der Waals surface area (Å²) in [5.74, 6) is -4.83. The Hall–Kier alpha value is -13.8. The summed E-state index contributed by atoms with van der Waals surface area (Å²) in [5.41, 5.74) is 3.06. The highest BCUT2D eigenvalue weighted by atomic mass is 16.6. The third kappa shape index (κ3) is 18.1. The van der Waals surface area contributed by atoms with Gasteiger partial charge in [-0.15, -0.1) is 0 Å². The fourth-order valence-corrected chi connectivity index (χ4v) is 12.3. The number of amides is 9. The Kier molecular flexibility index (Phi) is 22.1. The normalized spacial score (nSPS) is 12.8. The molecule has 106 heavy (non-hydrogen) atoms. The van der Waals surface area contributed by atoms with Crippen LogP contribution in [0, 0.1) is 0 Å². The number of alkyl carbamates (subject to hydrolysis) is 3. The molecule has 3 atom stereocenters. The molecule has 0 saturated heterocycles. The first kappa shape index (κ1) is 72.0. The van der Waals surface area contributed by atoms with Crippen molar-refractivity contribution in [1.82, 2.24) is 46.9 Å². The molecule has 9 aromatic carbocycles. The minimum absolute atomic E-state index is 0.124. The summed E-state index contributed by atoms with van der Waals surface area (Å²) >= 11 is 0. The van der Waals surface area contributed by atoms with Crippen LogP contribution in [0.15, 0.2) is 255 Å². The van der Waals surface area contributed by atoms with Crippen LogP contribution < -0.4 is 47.9 Å². The topological polar surface area (TPSA) is 337 Å². The summed E-state index contributed by atoms with van der Waals surface area (Å²) in [6, 6.07) is 69.6. The molecule has 0 radical (unpaired) electrons. The first-order chi connectivity index (χ1) is 51.2. The van der Waals surface area contributed by atoms with E-state index in [1.165, 1.54) is 20.8 Å². The van der Waals surface area contributed by atoms with Crippen LogP contribution in [0.3, 0.4) is 0 Å². The summed E-state index contributed by atoms with van der Waals surface area (Å²) < 4.78 is 16.6. The molecule has 24 nitrogen and oxygen atoms in total. The van der Waals surface area contributed by atoms with Crippen LogP contribution in [-0.2, 0) is 82.1 Å². The number of carbonyl (C=O) groups is 9. The van der Waals surface area contributed by atoms with Gasteiger partial charge in [-0.1, -0.05) is 182 Å². The van der Waals surface area contributed by atoms with Gasteiger partial charge in [-0.3, -0.25) is 44.7 Å². The predicted molar refractivity (Wildman–Crippen MR) is 401 cm³/mol. The van der Waals surface area contributed by atoms with Crippen molar-refractivity contribution in [3.05, 3.63) is 305 Å². The van der Waals surface area contributed by atoms with Crippen molar-refractivity contribution in [1.29, 1.82) is 0 Å². The summed E-state index contributed by atoms with van der Waals surface area (Å²) in [5, 5.41) is 26.9. The number of hydrogen-bond donors (Lipinski definition) is 12. The maximum Gasteiger partial charge on any atom is 0.409 e. The van der Waals surface area contributed by atoms with Gasteiger partial charge in [0.1, 0.15) is 19.8 Å². The van der Waals surface area contributed by atoms with Gasteiger partial charge >= 0.3 is 18.3 Å². The molecule has 0 aliphatic carbocycles. The molecule has 0 saturated carbocycles. The smallest absolute Gasteiger partial charge is 0.409 e. The lowest BCUT2D eigenvalue weighted by Crippen LogP contribution is -2.65. The van der Waals surface area contributed by atoms with E-state index in [4.69, 9.17) is 14.2 Å². The molecular weight excluding hydrogens is 1340 g/mol. The number of aromatic amines is 3. The average molecular weight is 1420 g/mol. The highest BCUT2D eigenvalue weighted by Gasteiger charge is 2.41. The Morgan fingerprint density at radius 1 is 0.311 bits per heavy atom. The van der Waals surface area contributed by atoms with Gasteiger partial charge in [0, 0.05) is 74.3 Å². The Morgan fingerprint density at radius 3 is 0.821 bits per heavy atom. The number of rotatable bonds is 27. The lowest BCUT2D eigenvalue weighted by atomic mass is 9.85. The van der Waals surface area contributed by atoms with Crippen LogP contribution >= 0.6 is 0 Å². The van der Waals surface area contributed by atoms with E-state index in [1.54, 1.807) is 164 Å². The van der Waals surface area contributed by atoms with Crippen molar-refractivity contribution < 1.29 is 57.4 Å². The van der Waals surface area contributed by atoms with Gasteiger partial charge < -0.3 is 61.1 Å². The molecule has 12 rings (SSSR count). The van der Waals surface area contributed by atoms with E-state index in [1.807, 2.05) is 91.0 Å². The standard InChI is InChI=1S/C82H76N12O12/c1-80(92-77(101)104-49-52-19-7-4-8-20-52,89-70(95)43-58-46-83-67-28-16-13-25-64(58)67)74(98)86-61-37-31-55(32-38-61)73(56-33-39-62(40-34-56)87-75(99)81(2,93-78(102)105-50-53-21-9-5-10-22-53)90-71(96)44-59-47-84-68-29-17-14-26-65(59)68)57-35-41-63(42-36-57)88-76(100)82(3,94-79(103)106-51-54-23-11-6-12-24-54)91-72(97)45-60-48-85-69-30-18-15-27-66(60)69/h4-42,46-48,73,83-85H,43-45,49-51H2,1-3H3,(H,86,98)(H,87,99)(H,88,100)(H,89,95)(H,90,96)(H,91,97)(H,92,101)(H,93,102)(H,94,103)/t80-,81-,82-/m1/s1. The zero-order valence-corrected chi connectivity index (χ0v) is 58.0. The van der Waals surface area contributed by atoms with E-state index in [0.29, 0.717) is 50.1 Å². The zero-order valence-electron chi connectivity index (χ0n) is 58.0. The largest absolute Gasteiger partial charge is 0.445 e. The number of fused-ring (bicyclic) bond motifs is 3. The molecular formula is C82H76N12O12. The number of carbonyl (C=O) groups excluding carboxylic acids is 9. The Bertz CT molecular complexity index is 4660. The van der Waals surface area contributed by atoms with E-state index in [9.17, 15) is 43.2 Å². The number of ether oxygens (including phenoxy) is 3. The molecule has 3 aromatic heterocycles. The van der Waals surface area contributed by atoms with Crippen molar-refractivity contribution in [2.45, 2.75) is 82.8 Å². The molecule has 3 heterocycles. The maximum atomic E-state index is 14.6. The van der Waals surface area contributed by atoms with Crippen molar-refractivity contribution in [3.8, 4) is 0 Å². The molecule has 9 amide bonds. The van der Waals surface area contributed by atoms with Crippen molar-refractivity contribution in [3.63, 3.8) is 0 Å². The van der Waals surface area contributed by atoms with E-state index in [-0.39, 0.29) is 56.1 Å². The van der Waals surface area contributed by atoms with Gasteiger partial charge in [-0.2, -0.15) is 0 Å². The molecule has 24 heteroatoms. The molecule has 0 fully saturated rings. The van der Waals surface area contributed by atoms with Crippen molar-refractivity contribution >= 4 is 103 Å². The van der Waals surface area contributed by atoms with Crippen LogP contribution in [0.4, 0.5) is 31.4 Å². The monoisotopic (exact) mass is 1420 g/mol. The molecule has 12 aromatic rings. The number of nitrogens with one attached hydrogen (secondary N) is 12. The predicted octanol–water partition coefficient (Wildman–Crippen LogP) is 12.1. The summed E-state index contributed by atoms with van der Waals surface area (Å²) in [4.78, 5) is 136. The van der Waals surface area contributed by atoms with Crippen LogP contribution in [0.5, 0.6) is 0 Å². The number of aromatic nitrogens is 3. The summed E-state index contributed by atoms with van der Waals surface area (Å²) in [6.07, 6.45) is 1.74. The summed E-state index contributed by atoms with van der Waals surface area (Å²) in [6.45, 7) is 3.68. The van der Waals surface area contributed by atoms with Crippen molar-refractivity contribution in [2.75, 3.05) is 16.0 Å². The van der Waals surface area contributed by atoms with Gasteiger partial charge in [0.2, 0.25) is 17.7 Å². The zero-order chi connectivity index (χ0) is 74.2. The molecule has 0 aliphatic heterocycles. The van der Waals surface area contributed by atoms with Crippen LogP contribution in [-0.4, -0.2) is 85.7 Å². The first-order valence-electron chi connectivity index (χ1n) is 34.0. The van der Waals surface area contributed by atoms with Gasteiger partial charge in [0.05, 0.1) is 19.3 Å². The van der Waals surface area contributed by atoms with Gasteiger partial charge in [-0.25, -0.2) is 14.4 Å². The fraction of sp³-hybridized carbons (Fsp3) is 0.159. The number of hydrogen-bond acceptors (Lipinski definition) is 12. The third-order valence-corrected chi connectivity index (χ3v) is 17.8. The molecule has 0 unspecified atom stereocenters. The Morgan fingerprint density at radius 2 is 0.557 bits per heavy atom. The quantitative estimate of drug-likeness (QED) is 0.0130. The maximum absolute atomic E-state index is 14.6. The van der Waals surface area contributed by atoms with Gasteiger partial charge in [0.15, 0.2) is 17.0 Å². The second kappa shape index (κ2) is 32.5. The number of benzene rings is 9. The Labute approximate surface area is 608 Å². The molecule has 12 N–H and O–H groups in total. The average Bonchev–Trinajstić information content (AvgIpc) is 1.21. The van der Waals surface area contributed by atoms with Crippen molar-refractivity contribution in [2.24, 2.45) is 0 Å². The van der Waals surface area contributed by atoms with E-state index in [0.717, 1.165) is 32.7 Å². The highest BCUT2D eigenvalue weighted by Crippen LogP contribution is 2.35. The number of H-pyrrole nitrogens is 3. The van der Waals surface area contributed by atoms with Crippen LogP contribution in [0.2, 0.25) is 0 Å². The Balaban J connectivity index is 0.816. The minimum Gasteiger partial charge on any atom is -0.445 e. The molecule has 0 bridgehead atoms. The molecule has 0 spiro atoms.